The summed E-state index contributed by atoms with van der Waals surface area (Å²) in [5.74, 6) is 0.565. The van der Waals surface area contributed by atoms with Crippen LogP contribution in [-0.4, -0.2) is 47.0 Å². The molecule has 1 aliphatic carbocycles. The van der Waals surface area contributed by atoms with Crippen molar-refractivity contribution in [2.24, 2.45) is 0 Å². The van der Waals surface area contributed by atoms with Crippen molar-refractivity contribution in [2.75, 3.05) is 31.2 Å². The van der Waals surface area contributed by atoms with Gasteiger partial charge in [0, 0.05) is 12.6 Å². The van der Waals surface area contributed by atoms with Crippen LogP contribution in [0.15, 0.2) is 77.7 Å². The van der Waals surface area contributed by atoms with Gasteiger partial charge in [0.2, 0.25) is 0 Å². The molecule has 9 heteroatoms. The number of hydrogen-bond acceptors (Lipinski definition) is 7. The van der Waals surface area contributed by atoms with Crippen molar-refractivity contribution >= 4 is 27.5 Å². The maximum atomic E-state index is 13.0. The number of anilines is 1. The highest BCUT2D eigenvalue weighted by atomic mass is 32.2. The van der Waals surface area contributed by atoms with Crippen molar-refractivity contribution in [2.45, 2.75) is 49.8 Å². The van der Waals surface area contributed by atoms with Gasteiger partial charge in [-0.15, -0.1) is 0 Å². The zero-order chi connectivity index (χ0) is 28.5. The number of ether oxygens (including phenoxy) is 3. The second kappa shape index (κ2) is 13.5. The number of nitrogens with zero attached hydrogens (tertiary/aromatic N) is 1. The van der Waals surface area contributed by atoms with E-state index in [2.05, 4.69) is 0 Å². The van der Waals surface area contributed by atoms with Crippen molar-refractivity contribution < 1.29 is 32.2 Å². The zero-order valence-electron chi connectivity index (χ0n) is 22.9. The molecule has 8 nitrogen and oxygen atoms in total. The Bertz CT molecular complexity index is 1380. The molecule has 0 atom stereocenters. The van der Waals surface area contributed by atoms with Gasteiger partial charge in [-0.2, -0.15) is 0 Å². The van der Waals surface area contributed by atoms with E-state index < -0.39 is 16.0 Å². The minimum atomic E-state index is -3.78. The molecule has 4 rings (SSSR count). The first-order valence-electron chi connectivity index (χ1n) is 13.5. The van der Waals surface area contributed by atoms with E-state index >= 15 is 0 Å². The van der Waals surface area contributed by atoms with Gasteiger partial charge in [-0.25, -0.2) is 13.2 Å². The van der Waals surface area contributed by atoms with Crippen molar-refractivity contribution in [3.8, 4) is 11.5 Å². The Morgan fingerprint density at radius 3 is 2.02 bits per heavy atom. The number of carbonyl (C=O) groups is 2. The van der Waals surface area contributed by atoms with E-state index in [0.717, 1.165) is 4.31 Å². The Labute approximate surface area is 235 Å². The average molecular weight is 566 g/mol. The molecule has 1 aliphatic rings. The van der Waals surface area contributed by atoms with Gasteiger partial charge in [0.25, 0.3) is 10.0 Å². The standard InChI is InChI=1S/C31H35NO7S/c1-3-37-27-17-19-29(20-18-27)40(35,36)32(2)26-13-15-28(16-14-26)38-22-31(34)39-21-30(33)25-11-9-24(10-12-25)23-7-5-4-6-8-23/h9-20,23H,3-8,21-22H2,1-2H3. The van der Waals surface area contributed by atoms with E-state index in [1.165, 1.54) is 56.8 Å². The Morgan fingerprint density at radius 1 is 0.800 bits per heavy atom. The monoisotopic (exact) mass is 565 g/mol. The molecule has 3 aromatic rings. The van der Waals surface area contributed by atoms with Gasteiger partial charge in [-0.3, -0.25) is 9.10 Å². The summed E-state index contributed by atoms with van der Waals surface area (Å²) >= 11 is 0. The summed E-state index contributed by atoms with van der Waals surface area (Å²) in [6.45, 7) is 1.60. The molecule has 0 radical (unpaired) electrons. The van der Waals surface area contributed by atoms with Crippen molar-refractivity contribution in [1.29, 1.82) is 0 Å². The van der Waals surface area contributed by atoms with Crippen LogP contribution >= 0.6 is 0 Å². The Hall–Kier alpha value is -3.85. The van der Waals surface area contributed by atoms with Gasteiger partial charge >= 0.3 is 5.97 Å². The van der Waals surface area contributed by atoms with Crippen LogP contribution in [0.25, 0.3) is 0 Å². The molecule has 1 saturated carbocycles. The molecule has 0 bridgehead atoms. The van der Waals surface area contributed by atoms with Crippen LogP contribution in [0.2, 0.25) is 0 Å². The van der Waals surface area contributed by atoms with Gasteiger partial charge in [0.15, 0.2) is 19.0 Å². The fraction of sp³-hybridized carbons (Fsp3) is 0.355. The summed E-state index contributed by atoms with van der Waals surface area (Å²) in [6.07, 6.45) is 6.16. The van der Waals surface area contributed by atoms with Gasteiger partial charge in [-0.1, -0.05) is 43.5 Å². The third-order valence-corrected chi connectivity index (χ3v) is 8.82. The molecule has 212 valence electrons. The lowest BCUT2D eigenvalue weighted by atomic mass is 9.84. The molecule has 3 aromatic carbocycles. The van der Waals surface area contributed by atoms with E-state index in [0.29, 0.717) is 35.3 Å². The number of rotatable bonds is 12. The summed E-state index contributed by atoms with van der Waals surface area (Å²) < 4.78 is 43.1. The number of carbonyl (C=O) groups excluding carboxylic acids is 2. The quantitative estimate of drug-likeness (QED) is 0.203. The highest BCUT2D eigenvalue weighted by Crippen LogP contribution is 2.32. The van der Waals surface area contributed by atoms with Gasteiger partial charge in [-0.05, 0) is 79.8 Å². The van der Waals surface area contributed by atoms with E-state index in [4.69, 9.17) is 14.2 Å². The van der Waals surface area contributed by atoms with Crippen molar-refractivity contribution in [3.63, 3.8) is 0 Å². The molecular weight excluding hydrogens is 530 g/mol. The average Bonchev–Trinajstić information content (AvgIpc) is 2.99. The number of benzene rings is 3. The van der Waals surface area contributed by atoms with Crippen LogP contribution in [0.1, 0.15) is 60.9 Å². The third kappa shape index (κ3) is 7.41. The molecule has 0 spiro atoms. The summed E-state index contributed by atoms with van der Waals surface area (Å²) in [5.41, 5.74) is 2.18. The predicted molar refractivity (Wildman–Crippen MR) is 153 cm³/mol. The maximum absolute atomic E-state index is 13.0. The van der Waals surface area contributed by atoms with E-state index in [-0.39, 0.29) is 23.9 Å². The lowest BCUT2D eigenvalue weighted by Crippen LogP contribution is -2.26. The number of Topliss-reactive ketones (excluding diaryl/α,β-unsaturated/α-hetero) is 1. The third-order valence-electron chi connectivity index (χ3n) is 7.02. The van der Waals surface area contributed by atoms with E-state index in [9.17, 15) is 18.0 Å². The lowest BCUT2D eigenvalue weighted by molar-refractivity contribution is -0.144. The summed E-state index contributed by atoms with van der Waals surface area (Å²) in [6, 6.07) is 20.1. The van der Waals surface area contributed by atoms with Crippen molar-refractivity contribution in [1.82, 2.24) is 0 Å². The van der Waals surface area contributed by atoms with Gasteiger partial charge in [0.1, 0.15) is 11.5 Å². The van der Waals surface area contributed by atoms with Gasteiger partial charge < -0.3 is 14.2 Å². The first kappa shape index (κ1) is 29.1. The van der Waals surface area contributed by atoms with Crippen LogP contribution in [0.5, 0.6) is 11.5 Å². The SMILES string of the molecule is CCOc1ccc(S(=O)(=O)N(C)c2ccc(OCC(=O)OCC(=O)c3ccc(C4CCCCC4)cc3)cc2)cc1. The molecule has 40 heavy (non-hydrogen) atoms. The zero-order valence-corrected chi connectivity index (χ0v) is 23.7. The van der Waals surface area contributed by atoms with E-state index in [1.54, 1.807) is 48.5 Å². The van der Waals surface area contributed by atoms with E-state index in [1.807, 2.05) is 19.1 Å². The molecule has 0 heterocycles. The Balaban J connectivity index is 1.24. The maximum Gasteiger partial charge on any atom is 0.344 e. The van der Waals surface area contributed by atoms with Crippen molar-refractivity contribution in [3.05, 3.63) is 83.9 Å². The van der Waals surface area contributed by atoms with Crippen LogP contribution in [0, 0.1) is 0 Å². The molecule has 0 aliphatic heterocycles. The highest BCUT2D eigenvalue weighted by Gasteiger charge is 2.22. The molecule has 1 fully saturated rings. The lowest BCUT2D eigenvalue weighted by Gasteiger charge is -2.22. The molecular formula is C31H35NO7S. The van der Waals surface area contributed by atoms with Gasteiger partial charge in [0.05, 0.1) is 17.2 Å². The largest absolute Gasteiger partial charge is 0.494 e. The first-order chi connectivity index (χ1) is 19.3. The molecule has 0 N–H and O–H groups in total. The second-order valence-electron chi connectivity index (χ2n) is 9.70. The molecule has 0 amide bonds. The topological polar surface area (TPSA) is 99.2 Å². The number of hydrogen-bond donors (Lipinski definition) is 0. The molecule has 0 saturated heterocycles. The smallest absolute Gasteiger partial charge is 0.344 e. The van der Waals surface area contributed by atoms with Crippen LogP contribution < -0.4 is 13.8 Å². The minimum absolute atomic E-state index is 0.135. The normalized spacial score (nSPS) is 13.8. The van der Waals surface area contributed by atoms with Crippen LogP contribution in [0.3, 0.4) is 0 Å². The molecule has 0 aromatic heterocycles. The number of esters is 1. The van der Waals surface area contributed by atoms with Crippen LogP contribution in [0.4, 0.5) is 5.69 Å². The second-order valence-corrected chi connectivity index (χ2v) is 11.7. The fourth-order valence-electron chi connectivity index (χ4n) is 4.71. The molecule has 0 unspecified atom stereocenters. The minimum Gasteiger partial charge on any atom is -0.494 e. The number of sulfonamides is 1. The highest BCUT2D eigenvalue weighted by molar-refractivity contribution is 7.92. The predicted octanol–water partition coefficient (Wildman–Crippen LogP) is 5.76. The summed E-state index contributed by atoms with van der Waals surface area (Å²) in [7, 11) is -2.32. The van der Waals surface area contributed by atoms with Crippen LogP contribution in [-0.2, 0) is 19.6 Å². The first-order valence-corrected chi connectivity index (χ1v) is 15.0. The number of ketones is 1. The summed E-state index contributed by atoms with van der Waals surface area (Å²) in [5, 5.41) is 0. The summed E-state index contributed by atoms with van der Waals surface area (Å²) in [4.78, 5) is 24.7. The fourth-order valence-corrected chi connectivity index (χ4v) is 5.91. The Morgan fingerprint density at radius 2 is 1.40 bits per heavy atom. The Kier molecular flexibility index (Phi) is 9.82.